The second-order valence-electron chi connectivity index (χ2n) is 3.92. The summed E-state index contributed by atoms with van der Waals surface area (Å²) < 4.78 is 0. The number of hydrogen-bond donors (Lipinski definition) is 0. The lowest BCUT2D eigenvalue weighted by molar-refractivity contribution is 0.752. The standard InChI is InChI=1S/C12H19N/c1-9(2)13(5)12-8-6-7-10(3)11(12)4/h6-9H,1-5H3. The molecule has 13 heavy (non-hydrogen) atoms. The molecule has 0 amide bonds. The largest absolute Gasteiger partial charge is 0.372 e. The third-order valence-electron chi connectivity index (χ3n) is 2.73. The van der Waals surface area contributed by atoms with E-state index in [-0.39, 0.29) is 0 Å². The van der Waals surface area contributed by atoms with Crippen molar-refractivity contribution < 1.29 is 0 Å². The highest BCUT2D eigenvalue weighted by atomic mass is 15.1. The minimum atomic E-state index is 0.556. The van der Waals surface area contributed by atoms with Crippen LogP contribution < -0.4 is 4.90 Å². The Hall–Kier alpha value is -0.980. The fourth-order valence-electron chi connectivity index (χ4n) is 1.40. The molecule has 0 fully saturated rings. The van der Waals surface area contributed by atoms with Gasteiger partial charge in [-0.2, -0.15) is 0 Å². The van der Waals surface area contributed by atoms with Gasteiger partial charge < -0.3 is 4.90 Å². The maximum absolute atomic E-state index is 2.31. The Labute approximate surface area is 81.4 Å². The van der Waals surface area contributed by atoms with Crippen molar-refractivity contribution in [2.45, 2.75) is 33.7 Å². The first-order valence-electron chi connectivity index (χ1n) is 4.83. The molecule has 1 aromatic rings. The molecule has 0 aromatic heterocycles. The summed E-state index contributed by atoms with van der Waals surface area (Å²) in [6.45, 7) is 8.76. The van der Waals surface area contributed by atoms with Crippen molar-refractivity contribution in [3.8, 4) is 0 Å². The number of anilines is 1. The van der Waals surface area contributed by atoms with Crippen molar-refractivity contribution in [1.29, 1.82) is 0 Å². The molecule has 1 nitrogen and oxygen atoms in total. The minimum Gasteiger partial charge on any atom is -0.372 e. The summed E-state index contributed by atoms with van der Waals surface area (Å²) in [6.07, 6.45) is 0. The highest BCUT2D eigenvalue weighted by Crippen LogP contribution is 2.22. The zero-order valence-electron chi connectivity index (χ0n) is 9.26. The molecule has 0 saturated heterocycles. The molecular formula is C12H19N. The topological polar surface area (TPSA) is 3.24 Å². The summed E-state index contributed by atoms with van der Waals surface area (Å²) in [5, 5.41) is 0. The minimum absolute atomic E-state index is 0.556. The molecule has 0 aliphatic carbocycles. The Morgan fingerprint density at radius 2 is 1.77 bits per heavy atom. The molecule has 0 atom stereocenters. The maximum atomic E-state index is 2.31. The van der Waals surface area contributed by atoms with Crippen molar-refractivity contribution in [2.75, 3.05) is 11.9 Å². The first-order chi connectivity index (χ1) is 6.04. The molecule has 0 aliphatic rings. The smallest absolute Gasteiger partial charge is 0.0398 e. The van der Waals surface area contributed by atoms with Gasteiger partial charge in [-0.25, -0.2) is 0 Å². The van der Waals surface area contributed by atoms with E-state index in [4.69, 9.17) is 0 Å². The lowest BCUT2D eigenvalue weighted by Crippen LogP contribution is -2.26. The monoisotopic (exact) mass is 177 g/mol. The Balaban J connectivity index is 3.07. The zero-order chi connectivity index (χ0) is 10.0. The fraction of sp³-hybridized carbons (Fsp3) is 0.500. The molecule has 0 aliphatic heterocycles. The third-order valence-corrected chi connectivity index (χ3v) is 2.73. The first kappa shape index (κ1) is 10.1. The Bertz CT molecular complexity index is 289. The van der Waals surface area contributed by atoms with Crippen LogP contribution in [0, 0.1) is 13.8 Å². The zero-order valence-corrected chi connectivity index (χ0v) is 9.26. The molecule has 0 heterocycles. The van der Waals surface area contributed by atoms with Crippen LogP contribution in [0.4, 0.5) is 5.69 Å². The van der Waals surface area contributed by atoms with Crippen molar-refractivity contribution in [3.63, 3.8) is 0 Å². The lowest BCUT2D eigenvalue weighted by atomic mass is 10.1. The average molecular weight is 177 g/mol. The van der Waals surface area contributed by atoms with Gasteiger partial charge in [-0.05, 0) is 44.9 Å². The van der Waals surface area contributed by atoms with E-state index in [0.717, 1.165) is 0 Å². The number of rotatable bonds is 2. The second kappa shape index (κ2) is 3.82. The Morgan fingerprint density at radius 3 is 2.31 bits per heavy atom. The molecule has 1 heteroatoms. The summed E-state index contributed by atoms with van der Waals surface area (Å²) >= 11 is 0. The first-order valence-corrected chi connectivity index (χ1v) is 4.83. The van der Waals surface area contributed by atoms with Crippen LogP contribution in [0.3, 0.4) is 0 Å². The molecule has 1 rings (SSSR count). The predicted octanol–water partition coefficient (Wildman–Crippen LogP) is 3.15. The summed E-state index contributed by atoms with van der Waals surface area (Å²) in [7, 11) is 2.15. The molecule has 0 spiro atoms. The van der Waals surface area contributed by atoms with Crippen LogP contribution >= 0.6 is 0 Å². The number of hydrogen-bond acceptors (Lipinski definition) is 1. The van der Waals surface area contributed by atoms with Crippen molar-refractivity contribution in [1.82, 2.24) is 0 Å². The Kier molecular flexibility index (Phi) is 2.97. The van der Waals surface area contributed by atoms with Gasteiger partial charge in [-0.1, -0.05) is 12.1 Å². The molecule has 0 radical (unpaired) electrons. The van der Waals surface area contributed by atoms with Crippen LogP contribution in [0.15, 0.2) is 18.2 Å². The normalized spacial score (nSPS) is 10.6. The van der Waals surface area contributed by atoms with Crippen molar-refractivity contribution in [2.24, 2.45) is 0 Å². The van der Waals surface area contributed by atoms with E-state index in [0.29, 0.717) is 6.04 Å². The summed E-state index contributed by atoms with van der Waals surface area (Å²) in [6, 6.07) is 7.02. The molecule has 0 saturated carbocycles. The molecule has 0 unspecified atom stereocenters. The average Bonchev–Trinajstić information content (AvgIpc) is 2.08. The van der Waals surface area contributed by atoms with Gasteiger partial charge in [0.2, 0.25) is 0 Å². The van der Waals surface area contributed by atoms with Crippen LogP contribution in [-0.4, -0.2) is 13.1 Å². The Morgan fingerprint density at radius 1 is 1.15 bits per heavy atom. The molecular weight excluding hydrogens is 158 g/mol. The van der Waals surface area contributed by atoms with Gasteiger partial charge in [-0.15, -0.1) is 0 Å². The van der Waals surface area contributed by atoms with E-state index in [1.54, 1.807) is 0 Å². The molecule has 0 bridgehead atoms. The van der Waals surface area contributed by atoms with E-state index in [1.807, 2.05) is 0 Å². The lowest BCUT2D eigenvalue weighted by Gasteiger charge is -2.26. The number of nitrogens with zero attached hydrogens (tertiary/aromatic N) is 1. The number of aryl methyl sites for hydroxylation is 1. The van der Waals surface area contributed by atoms with Crippen LogP contribution in [0.1, 0.15) is 25.0 Å². The van der Waals surface area contributed by atoms with Crippen molar-refractivity contribution in [3.05, 3.63) is 29.3 Å². The van der Waals surface area contributed by atoms with E-state index >= 15 is 0 Å². The van der Waals surface area contributed by atoms with Gasteiger partial charge in [0.05, 0.1) is 0 Å². The molecule has 1 aromatic carbocycles. The van der Waals surface area contributed by atoms with Gasteiger partial charge in [0.15, 0.2) is 0 Å². The van der Waals surface area contributed by atoms with Gasteiger partial charge in [-0.3, -0.25) is 0 Å². The highest BCUT2D eigenvalue weighted by molar-refractivity contribution is 5.55. The van der Waals surface area contributed by atoms with Crippen molar-refractivity contribution >= 4 is 5.69 Å². The highest BCUT2D eigenvalue weighted by Gasteiger charge is 2.07. The summed E-state index contributed by atoms with van der Waals surface area (Å²) in [4.78, 5) is 2.31. The SMILES string of the molecule is Cc1cccc(N(C)C(C)C)c1C. The van der Waals surface area contributed by atoms with Gasteiger partial charge in [0.1, 0.15) is 0 Å². The van der Waals surface area contributed by atoms with E-state index < -0.39 is 0 Å². The fourth-order valence-corrected chi connectivity index (χ4v) is 1.40. The van der Waals surface area contributed by atoms with Crippen LogP contribution in [-0.2, 0) is 0 Å². The second-order valence-corrected chi connectivity index (χ2v) is 3.92. The van der Waals surface area contributed by atoms with E-state index in [9.17, 15) is 0 Å². The van der Waals surface area contributed by atoms with E-state index in [1.165, 1.54) is 16.8 Å². The van der Waals surface area contributed by atoms with Gasteiger partial charge >= 0.3 is 0 Å². The van der Waals surface area contributed by atoms with E-state index in [2.05, 4.69) is 57.8 Å². The number of benzene rings is 1. The summed E-state index contributed by atoms with van der Waals surface area (Å²) in [5.74, 6) is 0. The third kappa shape index (κ3) is 2.03. The summed E-state index contributed by atoms with van der Waals surface area (Å²) in [5.41, 5.74) is 4.10. The maximum Gasteiger partial charge on any atom is 0.0398 e. The van der Waals surface area contributed by atoms with Gasteiger partial charge in [0, 0.05) is 18.8 Å². The van der Waals surface area contributed by atoms with Crippen LogP contribution in [0.25, 0.3) is 0 Å². The predicted molar refractivity (Wildman–Crippen MR) is 59.5 cm³/mol. The quantitative estimate of drug-likeness (QED) is 0.670. The molecule has 72 valence electrons. The van der Waals surface area contributed by atoms with Crippen LogP contribution in [0.2, 0.25) is 0 Å². The molecule has 0 N–H and O–H groups in total. The van der Waals surface area contributed by atoms with Crippen LogP contribution in [0.5, 0.6) is 0 Å². The van der Waals surface area contributed by atoms with Gasteiger partial charge in [0.25, 0.3) is 0 Å².